The molecule has 0 aliphatic heterocycles. The van der Waals surface area contributed by atoms with Crippen molar-refractivity contribution >= 4 is 0 Å². The molecule has 4 nitrogen and oxygen atoms in total. The maximum atomic E-state index is 13.1. The summed E-state index contributed by atoms with van der Waals surface area (Å²) in [6.45, 7) is 0. The van der Waals surface area contributed by atoms with Crippen LogP contribution < -0.4 is 11.3 Å². The highest BCUT2D eigenvalue weighted by Gasteiger charge is 2.35. The molecule has 0 spiro atoms. The van der Waals surface area contributed by atoms with Crippen molar-refractivity contribution in [1.29, 1.82) is 0 Å². The third-order valence-corrected chi connectivity index (χ3v) is 2.69. The van der Waals surface area contributed by atoms with Gasteiger partial charge in [0.2, 0.25) is 0 Å². The number of nitrogens with two attached hydrogens (primary N) is 1. The van der Waals surface area contributed by atoms with Crippen molar-refractivity contribution in [2.75, 3.05) is 0 Å². The monoisotopic (exact) mass is 286 g/mol. The Morgan fingerprint density at radius 3 is 2.50 bits per heavy atom. The van der Waals surface area contributed by atoms with Crippen molar-refractivity contribution in [1.82, 2.24) is 15.4 Å². The first-order valence-corrected chi connectivity index (χ1v) is 5.51. The zero-order valence-electron chi connectivity index (χ0n) is 10.0. The molecule has 0 aliphatic rings. The second-order valence-corrected chi connectivity index (χ2v) is 4.00. The Hall–Kier alpha value is -2.06. The Bertz CT molecular complexity index is 600. The first-order valence-electron chi connectivity index (χ1n) is 5.51. The minimum absolute atomic E-state index is 0.172. The van der Waals surface area contributed by atoms with Crippen LogP contribution in [0.25, 0.3) is 0 Å². The molecule has 0 saturated carbocycles. The average Bonchev–Trinajstić information content (AvgIpc) is 2.39. The number of rotatable bonds is 3. The predicted molar refractivity (Wildman–Crippen MR) is 62.6 cm³/mol. The fourth-order valence-corrected chi connectivity index (χ4v) is 1.85. The van der Waals surface area contributed by atoms with Crippen molar-refractivity contribution in [3.63, 3.8) is 0 Å². The van der Waals surface area contributed by atoms with Crippen molar-refractivity contribution in [2.24, 2.45) is 5.84 Å². The van der Waals surface area contributed by atoms with Gasteiger partial charge in [-0.1, -0.05) is 0 Å². The van der Waals surface area contributed by atoms with Gasteiger partial charge < -0.3 is 0 Å². The molecule has 0 aliphatic carbocycles. The van der Waals surface area contributed by atoms with Crippen molar-refractivity contribution in [3.8, 4) is 0 Å². The molecule has 8 heteroatoms. The predicted octanol–water partition coefficient (Wildman–Crippen LogP) is 2.19. The van der Waals surface area contributed by atoms with Gasteiger partial charge in [-0.2, -0.15) is 13.2 Å². The molecule has 106 valence electrons. The molecule has 1 unspecified atom stereocenters. The van der Waals surface area contributed by atoms with Gasteiger partial charge >= 0.3 is 6.18 Å². The number of hydrazine groups is 1. The van der Waals surface area contributed by atoms with Crippen LogP contribution in [0.2, 0.25) is 0 Å². The lowest BCUT2D eigenvalue weighted by molar-refractivity contribution is -0.138. The van der Waals surface area contributed by atoms with Crippen molar-refractivity contribution in [2.45, 2.75) is 12.2 Å². The topological polar surface area (TPSA) is 63.8 Å². The van der Waals surface area contributed by atoms with Crippen LogP contribution >= 0.6 is 0 Å². The molecular weight excluding hydrogens is 276 g/mol. The van der Waals surface area contributed by atoms with Crippen LogP contribution in [0.5, 0.6) is 0 Å². The maximum Gasteiger partial charge on any atom is 0.416 e. The average molecular weight is 286 g/mol. The van der Waals surface area contributed by atoms with E-state index in [1.54, 1.807) is 0 Å². The Morgan fingerprint density at radius 1 is 1.15 bits per heavy atom. The number of nitrogens with one attached hydrogen (secondary N) is 1. The molecule has 2 aromatic heterocycles. The summed E-state index contributed by atoms with van der Waals surface area (Å²) >= 11 is 0. The van der Waals surface area contributed by atoms with E-state index in [0.717, 1.165) is 30.7 Å². The minimum atomic E-state index is -4.56. The van der Waals surface area contributed by atoms with E-state index in [1.165, 1.54) is 6.20 Å². The molecule has 0 saturated heterocycles. The number of halogens is 4. The Kier molecular flexibility index (Phi) is 3.96. The van der Waals surface area contributed by atoms with E-state index in [0.29, 0.717) is 0 Å². The first-order chi connectivity index (χ1) is 9.43. The maximum absolute atomic E-state index is 13.1. The van der Waals surface area contributed by atoms with E-state index < -0.39 is 23.6 Å². The highest BCUT2D eigenvalue weighted by Crippen LogP contribution is 2.35. The Morgan fingerprint density at radius 2 is 1.90 bits per heavy atom. The molecule has 0 aromatic carbocycles. The van der Waals surface area contributed by atoms with Gasteiger partial charge in [0.25, 0.3) is 0 Å². The Labute approximate surface area is 111 Å². The zero-order valence-corrected chi connectivity index (χ0v) is 10.0. The second-order valence-electron chi connectivity index (χ2n) is 4.00. The Balaban J connectivity index is 2.53. The number of alkyl halides is 3. The molecule has 3 N–H and O–H groups in total. The molecular formula is C12H10F4N4. The molecule has 0 amide bonds. The molecule has 0 radical (unpaired) electrons. The number of hydrogen-bond acceptors (Lipinski definition) is 4. The molecule has 2 heterocycles. The van der Waals surface area contributed by atoms with Crippen molar-refractivity contribution in [3.05, 3.63) is 59.4 Å². The second kappa shape index (κ2) is 5.51. The SMILES string of the molecule is NNC(c1cncc(F)c1)c1cnccc1C(F)(F)F. The fourth-order valence-electron chi connectivity index (χ4n) is 1.85. The normalized spacial score (nSPS) is 13.2. The zero-order chi connectivity index (χ0) is 14.8. The van der Waals surface area contributed by atoms with E-state index in [2.05, 4.69) is 15.4 Å². The number of nitrogens with zero attached hydrogens (tertiary/aromatic N) is 2. The van der Waals surface area contributed by atoms with E-state index in [1.807, 2.05) is 0 Å². The summed E-state index contributed by atoms with van der Waals surface area (Å²) in [6, 6.07) is 0.834. The highest BCUT2D eigenvalue weighted by molar-refractivity contribution is 5.36. The summed E-state index contributed by atoms with van der Waals surface area (Å²) in [6.07, 6.45) is -0.304. The lowest BCUT2D eigenvalue weighted by Gasteiger charge is -2.20. The van der Waals surface area contributed by atoms with Gasteiger partial charge in [-0.05, 0) is 17.7 Å². The summed E-state index contributed by atoms with van der Waals surface area (Å²) in [5.74, 6) is 4.64. The smallest absolute Gasteiger partial charge is 0.271 e. The van der Waals surface area contributed by atoms with Gasteiger partial charge in [0.1, 0.15) is 5.82 Å². The quantitative estimate of drug-likeness (QED) is 0.516. The molecule has 2 rings (SSSR count). The number of aromatic nitrogens is 2. The van der Waals surface area contributed by atoms with Crippen LogP contribution in [-0.4, -0.2) is 9.97 Å². The number of pyridine rings is 2. The number of hydrogen-bond donors (Lipinski definition) is 2. The molecule has 1 atom stereocenters. The van der Waals surface area contributed by atoms with Crippen LogP contribution in [0.1, 0.15) is 22.7 Å². The summed E-state index contributed by atoms with van der Waals surface area (Å²) < 4.78 is 52.0. The van der Waals surface area contributed by atoms with E-state index in [9.17, 15) is 17.6 Å². The van der Waals surface area contributed by atoms with Crippen LogP contribution in [0.4, 0.5) is 17.6 Å². The fraction of sp³-hybridized carbons (Fsp3) is 0.167. The molecule has 20 heavy (non-hydrogen) atoms. The third-order valence-electron chi connectivity index (χ3n) is 2.69. The van der Waals surface area contributed by atoms with Gasteiger partial charge in [-0.15, -0.1) is 0 Å². The van der Waals surface area contributed by atoms with Gasteiger partial charge in [0, 0.05) is 24.2 Å². The van der Waals surface area contributed by atoms with E-state index in [-0.39, 0.29) is 11.1 Å². The third kappa shape index (κ3) is 2.91. The highest BCUT2D eigenvalue weighted by atomic mass is 19.4. The van der Waals surface area contributed by atoms with E-state index >= 15 is 0 Å². The minimum Gasteiger partial charge on any atom is -0.271 e. The molecule has 0 bridgehead atoms. The summed E-state index contributed by atoms with van der Waals surface area (Å²) in [4.78, 5) is 7.26. The molecule has 0 fully saturated rings. The van der Waals surface area contributed by atoms with Gasteiger partial charge in [-0.3, -0.25) is 15.8 Å². The van der Waals surface area contributed by atoms with E-state index in [4.69, 9.17) is 5.84 Å². The van der Waals surface area contributed by atoms with Crippen LogP contribution in [0.3, 0.4) is 0 Å². The molecule has 2 aromatic rings. The summed E-state index contributed by atoms with van der Waals surface area (Å²) in [5.41, 5.74) is 1.31. The van der Waals surface area contributed by atoms with Gasteiger partial charge in [-0.25, -0.2) is 9.82 Å². The first kappa shape index (κ1) is 14.4. The van der Waals surface area contributed by atoms with Crippen LogP contribution in [0, 0.1) is 5.82 Å². The van der Waals surface area contributed by atoms with Gasteiger partial charge in [0.15, 0.2) is 0 Å². The van der Waals surface area contributed by atoms with Crippen molar-refractivity contribution < 1.29 is 17.6 Å². The standard InChI is InChI=1S/C12H10F4N4/c13-8-3-7(4-19-5-8)11(20-17)9-6-18-2-1-10(9)12(14,15)16/h1-6,11,20H,17H2. The largest absolute Gasteiger partial charge is 0.416 e. The lowest BCUT2D eigenvalue weighted by Crippen LogP contribution is -2.31. The van der Waals surface area contributed by atoms with Crippen LogP contribution in [-0.2, 0) is 6.18 Å². The van der Waals surface area contributed by atoms with Gasteiger partial charge in [0.05, 0.1) is 17.8 Å². The van der Waals surface area contributed by atoms with Crippen LogP contribution in [0.15, 0.2) is 36.9 Å². The summed E-state index contributed by atoms with van der Waals surface area (Å²) in [5, 5.41) is 0. The summed E-state index contributed by atoms with van der Waals surface area (Å²) in [7, 11) is 0. The lowest BCUT2D eigenvalue weighted by atomic mass is 9.97.